The van der Waals surface area contributed by atoms with Crippen LogP contribution in [0.3, 0.4) is 0 Å². The van der Waals surface area contributed by atoms with Crippen molar-refractivity contribution in [1.82, 2.24) is 9.97 Å². The molecule has 0 bridgehead atoms. The van der Waals surface area contributed by atoms with Gasteiger partial charge in [-0.3, -0.25) is 4.79 Å². The molecule has 0 radical (unpaired) electrons. The zero-order valence-corrected chi connectivity index (χ0v) is 16.1. The van der Waals surface area contributed by atoms with E-state index in [-0.39, 0.29) is 17.6 Å². The molecule has 2 heterocycles. The van der Waals surface area contributed by atoms with Crippen LogP contribution in [0.5, 0.6) is 5.75 Å². The Hall–Kier alpha value is -2.54. The maximum Gasteiger partial charge on any atom is 0.293 e. The van der Waals surface area contributed by atoms with E-state index in [4.69, 9.17) is 4.74 Å². The molecular formula is C19H19BrN4O2. The summed E-state index contributed by atoms with van der Waals surface area (Å²) in [5.41, 5.74) is 2.53. The van der Waals surface area contributed by atoms with E-state index >= 15 is 0 Å². The largest absolute Gasteiger partial charge is 0.478 e. The van der Waals surface area contributed by atoms with Gasteiger partial charge in [-0.25, -0.2) is 4.98 Å². The number of aromatic amines is 1. The first kappa shape index (κ1) is 16.9. The van der Waals surface area contributed by atoms with E-state index in [0.717, 1.165) is 15.9 Å². The van der Waals surface area contributed by atoms with Gasteiger partial charge in [0.15, 0.2) is 0 Å². The average molecular weight is 415 g/mol. The maximum absolute atomic E-state index is 12.4. The molecule has 2 unspecified atom stereocenters. The van der Waals surface area contributed by atoms with Gasteiger partial charge in [0.1, 0.15) is 17.6 Å². The van der Waals surface area contributed by atoms with Crippen molar-refractivity contribution >= 4 is 27.3 Å². The molecule has 0 fully saturated rings. The summed E-state index contributed by atoms with van der Waals surface area (Å²) in [5, 5.41) is 3.32. The standard InChI is InChI=1S/C19H19BrN4O2/c1-24(2)13-5-3-4-12(9-13)21-10-16-22-17-14-8-11(20)6-7-15(14)26-18(17)19(25)23-16/h3-9,14-15,21H,10H2,1-2H3,(H,22,23,25). The molecule has 2 aliphatic rings. The van der Waals surface area contributed by atoms with Gasteiger partial charge in [0.05, 0.1) is 12.5 Å². The smallest absolute Gasteiger partial charge is 0.293 e. The third-order valence-electron chi connectivity index (χ3n) is 4.48. The first-order valence-electron chi connectivity index (χ1n) is 8.38. The highest BCUT2D eigenvalue weighted by Gasteiger charge is 2.36. The molecular weight excluding hydrogens is 396 g/mol. The molecule has 134 valence electrons. The first-order chi connectivity index (χ1) is 12.5. The number of hydrogen-bond donors (Lipinski definition) is 2. The number of allylic oxidation sites excluding steroid dienone is 2. The van der Waals surface area contributed by atoms with Crippen LogP contribution in [-0.4, -0.2) is 30.2 Å². The number of benzene rings is 1. The van der Waals surface area contributed by atoms with Gasteiger partial charge in [-0.05, 0) is 30.4 Å². The molecule has 0 spiro atoms. The lowest BCUT2D eigenvalue weighted by molar-refractivity contribution is 0.266. The Labute approximate surface area is 159 Å². The Morgan fingerprint density at radius 3 is 3.04 bits per heavy atom. The minimum atomic E-state index is -0.235. The highest BCUT2D eigenvalue weighted by Crippen LogP contribution is 2.39. The summed E-state index contributed by atoms with van der Waals surface area (Å²) in [5.74, 6) is 0.872. The number of hydrogen-bond acceptors (Lipinski definition) is 5. The van der Waals surface area contributed by atoms with Crippen molar-refractivity contribution in [2.75, 3.05) is 24.3 Å². The molecule has 1 aromatic carbocycles. The van der Waals surface area contributed by atoms with Crippen LogP contribution in [0.1, 0.15) is 17.4 Å². The van der Waals surface area contributed by atoms with Crippen molar-refractivity contribution < 1.29 is 4.74 Å². The van der Waals surface area contributed by atoms with Gasteiger partial charge < -0.3 is 19.9 Å². The second kappa shape index (κ2) is 6.64. The summed E-state index contributed by atoms with van der Waals surface area (Å²) >= 11 is 3.48. The Morgan fingerprint density at radius 2 is 2.23 bits per heavy atom. The monoisotopic (exact) mass is 414 g/mol. The molecule has 6 nitrogen and oxygen atoms in total. The molecule has 4 rings (SSSR count). The van der Waals surface area contributed by atoms with E-state index in [1.165, 1.54) is 0 Å². The van der Waals surface area contributed by atoms with Crippen molar-refractivity contribution in [2.24, 2.45) is 0 Å². The minimum absolute atomic E-state index is 0.0394. The van der Waals surface area contributed by atoms with Gasteiger partial charge >= 0.3 is 0 Å². The van der Waals surface area contributed by atoms with Crippen LogP contribution in [0.25, 0.3) is 0 Å². The van der Waals surface area contributed by atoms with Gasteiger partial charge in [0.2, 0.25) is 5.75 Å². The normalized spacial score (nSPS) is 20.0. The van der Waals surface area contributed by atoms with Crippen LogP contribution >= 0.6 is 15.9 Å². The molecule has 7 heteroatoms. The van der Waals surface area contributed by atoms with E-state index in [9.17, 15) is 4.79 Å². The number of rotatable bonds is 4. The van der Waals surface area contributed by atoms with E-state index in [0.29, 0.717) is 23.8 Å². The molecule has 26 heavy (non-hydrogen) atoms. The van der Waals surface area contributed by atoms with Crippen LogP contribution in [0.15, 0.2) is 51.8 Å². The molecule has 2 atom stereocenters. The molecule has 1 aromatic heterocycles. The van der Waals surface area contributed by atoms with E-state index < -0.39 is 0 Å². The van der Waals surface area contributed by atoms with E-state index in [2.05, 4.69) is 37.3 Å². The lowest BCUT2D eigenvalue weighted by Gasteiger charge is -2.15. The Bertz CT molecular complexity index is 964. The fourth-order valence-electron chi connectivity index (χ4n) is 3.14. The predicted molar refractivity (Wildman–Crippen MR) is 106 cm³/mol. The van der Waals surface area contributed by atoms with Crippen LogP contribution in [0.4, 0.5) is 11.4 Å². The summed E-state index contributed by atoms with van der Waals surface area (Å²) in [4.78, 5) is 21.9. The van der Waals surface area contributed by atoms with Crippen molar-refractivity contribution in [3.8, 4) is 5.75 Å². The Balaban J connectivity index is 1.57. The van der Waals surface area contributed by atoms with Gasteiger partial charge in [0, 0.05) is 30.0 Å². The number of ether oxygens (including phenoxy) is 1. The minimum Gasteiger partial charge on any atom is -0.478 e. The molecule has 1 aliphatic heterocycles. The summed E-state index contributed by atoms with van der Waals surface area (Å²) in [6.07, 6.45) is 5.74. The Morgan fingerprint density at radius 1 is 1.38 bits per heavy atom. The molecule has 0 amide bonds. The quantitative estimate of drug-likeness (QED) is 0.803. The zero-order chi connectivity index (χ0) is 18.3. The van der Waals surface area contributed by atoms with Crippen LogP contribution in [0.2, 0.25) is 0 Å². The number of nitrogens with zero attached hydrogens (tertiary/aromatic N) is 2. The second-order valence-corrected chi connectivity index (χ2v) is 7.46. The number of halogens is 1. The van der Waals surface area contributed by atoms with E-state index in [1.54, 1.807) is 0 Å². The molecule has 2 aromatic rings. The van der Waals surface area contributed by atoms with Gasteiger partial charge in [-0.15, -0.1) is 0 Å². The number of fused-ring (bicyclic) bond motifs is 3. The number of nitrogens with one attached hydrogen (secondary N) is 2. The summed E-state index contributed by atoms with van der Waals surface area (Å²) in [6, 6.07) is 8.07. The zero-order valence-electron chi connectivity index (χ0n) is 14.5. The lowest BCUT2D eigenvalue weighted by atomic mass is 9.96. The van der Waals surface area contributed by atoms with Crippen molar-refractivity contribution in [3.05, 3.63) is 68.8 Å². The summed E-state index contributed by atoms with van der Waals surface area (Å²) in [6.45, 7) is 0.428. The molecule has 0 saturated carbocycles. The summed E-state index contributed by atoms with van der Waals surface area (Å²) < 4.78 is 6.74. The Kier molecular flexibility index (Phi) is 4.32. The second-order valence-electron chi connectivity index (χ2n) is 6.54. The fourth-order valence-corrected chi connectivity index (χ4v) is 3.58. The van der Waals surface area contributed by atoms with Crippen molar-refractivity contribution in [1.29, 1.82) is 0 Å². The van der Waals surface area contributed by atoms with Crippen molar-refractivity contribution in [2.45, 2.75) is 18.6 Å². The molecule has 2 N–H and O–H groups in total. The van der Waals surface area contributed by atoms with Gasteiger partial charge in [0.25, 0.3) is 5.56 Å². The fraction of sp³-hybridized carbons (Fsp3) is 0.263. The number of aromatic nitrogens is 2. The first-order valence-corrected chi connectivity index (χ1v) is 9.17. The third-order valence-corrected chi connectivity index (χ3v) is 5.01. The predicted octanol–water partition coefficient (Wildman–Crippen LogP) is 3.14. The SMILES string of the molecule is CN(C)c1cccc(NCc2nc3c(c(=O)[nH]2)OC2C=CC(Br)=CC32)c1. The van der Waals surface area contributed by atoms with Crippen LogP contribution in [0, 0.1) is 0 Å². The summed E-state index contributed by atoms with van der Waals surface area (Å²) in [7, 11) is 4.00. The highest BCUT2D eigenvalue weighted by molar-refractivity contribution is 9.11. The van der Waals surface area contributed by atoms with Crippen LogP contribution in [-0.2, 0) is 6.54 Å². The van der Waals surface area contributed by atoms with Gasteiger partial charge in [-0.2, -0.15) is 0 Å². The highest BCUT2D eigenvalue weighted by atomic mass is 79.9. The van der Waals surface area contributed by atoms with Gasteiger partial charge in [-0.1, -0.05) is 28.1 Å². The topological polar surface area (TPSA) is 70.2 Å². The third kappa shape index (κ3) is 3.14. The number of H-pyrrole nitrogens is 1. The maximum atomic E-state index is 12.4. The lowest BCUT2D eigenvalue weighted by Crippen LogP contribution is -2.17. The van der Waals surface area contributed by atoms with Crippen molar-refractivity contribution in [3.63, 3.8) is 0 Å². The molecule has 1 aliphatic carbocycles. The van der Waals surface area contributed by atoms with Crippen LogP contribution < -0.4 is 20.5 Å². The molecule has 0 saturated heterocycles. The van der Waals surface area contributed by atoms with E-state index in [1.807, 2.05) is 55.4 Å². The average Bonchev–Trinajstić information content (AvgIpc) is 2.99. The number of anilines is 2.